The number of aromatic amines is 1. The number of H-pyrrole nitrogens is 1. The summed E-state index contributed by atoms with van der Waals surface area (Å²) in [5, 5.41) is 13.2. The number of carboxylic acids is 1. The van der Waals surface area contributed by atoms with Crippen LogP contribution in [-0.4, -0.2) is 53.5 Å². The van der Waals surface area contributed by atoms with Crippen molar-refractivity contribution in [1.82, 2.24) is 15.2 Å². The van der Waals surface area contributed by atoms with E-state index in [-0.39, 0.29) is 18.7 Å². The molecule has 0 bridgehead atoms. The number of esters is 1. The number of carbonyl (C=O) groups excluding carboxylic acids is 2. The lowest BCUT2D eigenvalue weighted by Crippen LogP contribution is -2.42. The van der Waals surface area contributed by atoms with Gasteiger partial charge in [-0.1, -0.05) is 32.0 Å². The number of nitrogens with zero attached hydrogens (tertiary/aromatic N) is 1. The number of para-hydroxylation sites is 1. The second-order valence-electron chi connectivity index (χ2n) is 7.70. The fourth-order valence-corrected chi connectivity index (χ4v) is 3.54. The van der Waals surface area contributed by atoms with Crippen LogP contribution < -0.4 is 5.32 Å². The van der Waals surface area contributed by atoms with E-state index in [1.165, 1.54) is 6.92 Å². The zero-order valence-electron chi connectivity index (χ0n) is 18.2. The minimum Gasteiger partial charge on any atom is -0.480 e. The number of fused-ring (bicyclic) bond motifs is 1. The Morgan fingerprint density at radius 2 is 1.83 bits per heavy atom. The first-order valence-corrected chi connectivity index (χ1v) is 10.1. The van der Waals surface area contributed by atoms with Crippen molar-refractivity contribution in [2.24, 2.45) is 5.41 Å². The van der Waals surface area contributed by atoms with Gasteiger partial charge in [0.15, 0.2) is 5.41 Å². The third-order valence-corrected chi connectivity index (χ3v) is 5.47. The molecule has 2 aromatic rings. The predicted molar refractivity (Wildman–Crippen MR) is 114 cm³/mol. The molecule has 3 N–H and O–H groups in total. The summed E-state index contributed by atoms with van der Waals surface area (Å²) in [4.78, 5) is 42.2. The van der Waals surface area contributed by atoms with E-state index in [1.54, 1.807) is 13.8 Å². The Bertz CT molecular complexity index is 915. The molecule has 8 nitrogen and oxygen atoms in total. The zero-order valence-corrected chi connectivity index (χ0v) is 18.2. The quantitative estimate of drug-likeness (QED) is 0.311. The maximum atomic E-state index is 13.0. The number of aliphatic carboxylic acids is 1. The Hall–Kier alpha value is -2.87. The molecule has 30 heavy (non-hydrogen) atoms. The van der Waals surface area contributed by atoms with Crippen molar-refractivity contribution in [2.75, 3.05) is 20.6 Å². The van der Waals surface area contributed by atoms with E-state index < -0.39 is 23.6 Å². The summed E-state index contributed by atoms with van der Waals surface area (Å²) < 4.78 is 5.68. The largest absolute Gasteiger partial charge is 0.480 e. The van der Waals surface area contributed by atoms with Gasteiger partial charge in [-0.15, -0.1) is 0 Å². The highest BCUT2D eigenvalue weighted by molar-refractivity contribution is 5.99. The maximum Gasteiger partial charge on any atom is 0.325 e. The second-order valence-corrected chi connectivity index (χ2v) is 7.70. The minimum absolute atomic E-state index is 0.0891. The molecule has 0 aliphatic carbocycles. The summed E-state index contributed by atoms with van der Waals surface area (Å²) in [7, 11) is 3.91. The predicted octanol–water partition coefficient (Wildman–Crippen LogP) is 2.84. The average molecular weight is 418 g/mol. The standard InChI is InChI=1S/C22H31N3O5/c1-6-22(7-2,20(27)28)21(29)30-19(23-14(3)26)18-15-10-8-9-11-16(15)24-17(18)12-13-25(4)5/h8-11,19,24H,6-7,12-13H2,1-5H3,(H,23,26)(H,27,28). The summed E-state index contributed by atoms with van der Waals surface area (Å²) in [5.41, 5.74) is 0.656. The molecule has 0 radical (unpaired) electrons. The summed E-state index contributed by atoms with van der Waals surface area (Å²) in [6.07, 6.45) is -0.284. The van der Waals surface area contributed by atoms with E-state index in [1.807, 2.05) is 43.3 Å². The Morgan fingerprint density at radius 1 is 1.20 bits per heavy atom. The van der Waals surface area contributed by atoms with Gasteiger partial charge in [-0.25, -0.2) is 0 Å². The number of amides is 1. The lowest BCUT2D eigenvalue weighted by atomic mass is 9.82. The molecule has 0 spiro atoms. The molecule has 164 valence electrons. The van der Waals surface area contributed by atoms with E-state index in [0.29, 0.717) is 12.0 Å². The number of nitrogens with one attached hydrogen (secondary N) is 2. The first kappa shape index (κ1) is 23.4. The Balaban J connectivity index is 2.54. The van der Waals surface area contributed by atoms with Crippen LogP contribution in [0.25, 0.3) is 10.9 Å². The number of ether oxygens (including phenoxy) is 1. The fraction of sp³-hybridized carbons (Fsp3) is 0.500. The third kappa shape index (κ3) is 4.81. The monoisotopic (exact) mass is 417 g/mol. The van der Waals surface area contributed by atoms with Crippen molar-refractivity contribution in [2.45, 2.75) is 46.3 Å². The van der Waals surface area contributed by atoms with Crippen molar-refractivity contribution >= 4 is 28.7 Å². The van der Waals surface area contributed by atoms with Crippen molar-refractivity contribution in [1.29, 1.82) is 0 Å². The summed E-state index contributed by atoms with van der Waals surface area (Å²) in [6.45, 7) is 5.35. The molecule has 0 saturated heterocycles. The number of rotatable bonds is 10. The second kappa shape index (κ2) is 9.75. The average Bonchev–Trinajstić information content (AvgIpc) is 3.05. The van der Waals surface area contributed by atoms with Gasteiger partial charge in [-0.05, 0) is 33.0 Å². The zero-order chi connectivity index (χ0) is 22.5. The fourth-order valence-electron chi connectivity index (χ4n) is 3.54. The van der Waals surface area contributed by atoms with Crippen LogP contribution in [0, 0.1) is 5.41 Å². The van der Waals surface area contributed by atoms with Crippen molar-refractivity contribution < 1.29 is 24.2 Å². The van der Waals surface area contributed by atoms with Gasteiger partial charge in [0, 0.05) is 42.0 Å². The van der Waals surface area contributed by atoms with Crippen LogP contribution in [0.5, 0.6) is 0 Å². The number of hydrogen-bond donors (Lipinski definition) is 3. The molecule has 0 aliphatic heterocycles. The third-order valence-electron chi connectivity index (χ3n) is 5.47. The van der Waals surface area contributed by atoms with E-state index in [9.17, 15) is 19.5 Å². The summed E-state index contributed by atoms with van der Waals surface area (Å²) in [6, 6.07) is 7.54. The maximum absolute atomic E-state index is 13.0. The molecule has 8 heteroatoms. The molecule has 0 saturated carbocycles. The first-order valence-electron chi connectivity index (χ1n) is 10.1. The number of carboxylic acid groups (broad SMARTS) is 1. The molecular weight excluding hydrogens is 386 g/mol. The smallest absolute Gasteiger partial charge is 0.325 e. The minimum atomic E-state index is -1.66. The molecule has 1 heterocycles. The molecule has 1 unspecified atom stereocenters. The lowest BCUT2D eigenvalue weighted by molar-refractivity contribution is -0.175. The van der Waals surface area contributed by atoms with Gasteiger partial charge in [-0.2, -0.15) is 0 Å². The number of hydrogen-bond acceptors (Lipinski definition) is 5. The van der Waals surface area contributed by atoms with Crippen LogP contribution in [0.2, 0.25) is 0 Å². The molecule has 1 amide bonds. The highest BCUT2D eigenvalue weighted by atomic mass is 16.6. The number of likely N-dealkylation sites (N-methyl/N-ethyl adjacent to an activating group) is 1. The van der Waals surface area contributed by atoms with E-state index in [4.69, 9.17) is 4.74 Å². The highest BCUT2D eigenvalue weighted by Gasteiger charge is 2.46. The van der Waals surface area contributed by atoms with Gasteiger partial charge in [0.05, 0.1) is 0 Å². The number of carbonyl (C=O) groups is 3. The SMILES string of the molecule is CCC(CC)(C(=O)O)C(=O)OC(NC(C)=O)c1c(CCN(C)C)[nH]c2ccccc12. The van der Waals surface area contributed by atoms with Gasteiger partial charge >= 0.3 is 11.9 Å². The van der Waals surface area contributed by atoms with Crippen LogP contribution >= 0.6 is 0 Å². The summed E-state index contributed by atoms with van der Waals surface area (Å²) in [5.74, 6) is -2.47. The first-order chi connectivity index (χ1) is 14.2. The van der Waals surface area contributed by atoms with Crippen LogP contribution in [0.15, 0.2) is 24.3 Å². The number of aromatic nitrogens is 1. The topological polar surface area (TPSA) is 112 Å². The van der Waals surface area contributed by atoms with Crippen LogP contribution in [0.1, 0.15) is 51.1 Å². The van der Waals surface area contributed by atoms with Crippen LogP contribution in [-0.2, 0) is 25.5 Å². The highest BCUT2D eigenvalue weighted by Crippen LogP contribution is 2.34. The molecular formula is C22H31N3O5. The molecule has 1 aromatic heterocycles. The van der Waals surface area contributed by atoms with Crippen molar-refractivity contribution in [3.05, 3.63) is 35.5 Å². The Labute approximate surface area is 176 Å². The van der Waals surface area contributed by atoms with Crippen molar-refractivity contribution in [3.8, 4) is 0 Å². The van der Waals surface area contributed by atoms with Crippen molar-refractivity contribution in [3.63, 3.8) is 0 Å². The Kier molecular flexibility index (Phi) is 7.61. The molecule has 1 aromatic carbocycles. The Morgan fingerprint density at radius 3 is 2.37 bits per heavy atom. The van der Waals surface area contributed by atoms with E-state index in [2.05, 4.69) is 10.3 Å². The molecule has 0 aliphatic rings. The van der Waals surface area contributed by atoms with Gasteiger partial charge in [-0.3, -0.25) is 14.4 Å². The van der Waals surface area contributed by atoms with Gasteiger partial charge in [0.25, 0.3) is 0 Å². The lowest BCUT2D eigenvalue weighted by Gasteiger charge is -2.28. The van der Waals surface area contributed by atoms with Crippen LogP contribution in [0.3, 0.4) is 0 Å². The van der Waals surface area contributed by atoms with Gasteiger partial charge in [0.1, 0.15) is 0 Å². The van der Waals surface area contributed by atoms with E-state index in [0.717, 1.165) is 23.1 Å². The summed E-state index contributed by atoms with van der Waals surface area (Å²) >= 11 is 0. The normalized spacial score (nSPS) is 12.7. The van der Waals surface area contributed by atoms with Gasteiger partial charge in [0.2, 0.25) is 12.1 Å². The molecule has 1 atom stereocenters. The van der Waals surface area contributed by atoms with Crippen LogP contribution in [0.4, 0.5) is 0 Å². The molecule has 2 rings (SSSR count). The van der Waals surface area contributed by atoms with E-state index >= 15 is 0 Å². The molecule has 0 fully saturated rings. The number of benzene rings is 1. The van der Waals surface area contributed by atoms with Gasteiger partial charge < -0.3 is 25.0 Å².